The number of nitrogens with one attached hydrogen (secondary N) is 1. The zero-order chi connectivity index (χ0) is 13.6. The first-order valence-electron chi connectivity index (χ1n) is 5.29. The van der Waals surface area contributed by atoms with E-state index in [9.17, 15) is 9.59 Å². The van der Waals surface area contributed by atoms with Crippen molar-refractivity contribution in [2.75, 3.05) is 6.54 Å². The number of hydrogen-bond donors (Lipinski definition) is 2. The van der Waals surface area contributed by atoms with E-state index in [4.69, 9.17) is 14.6 Å². The van der Waals surface area contributed by atoms with E-state index in [1.165, 1.54) is 6.92 Å². The third kappa shape index (κ3) is 7.57. The maximum absolute atomic E-state index is 11.4. The standard InChI is InChI=1S/C11H20NO5/c1-7(13)6-12-10(15)17-8(2)16-9(14)11(3,4)5/h7-8,13H,1,6H2,2-5H3,(H,12,15)/t7-,8?/m1/s1. The molecule has 0 aromatic rings. The summed E-state index contributed by atoms with van der Waals surface area (Å²) in [6.45, 7) is 9.76. The number of esters is 1. The van der Waals surface area contributed by atoms with E-state index < -0.39 is 29.9 Å². The fraction of sp³-hybridized carbons (Fsp3) is 0.727. The van der Waals surface area contributed by atoms with Crippen molar-refractivity contribution in [3.05, 3.63) is 6.92 Å². The summed E-state index contributed by atoms with van der Waals surface area (Å²) in [5.74, 6) is -0.463. The molecule has 1 radical (unpaired) electrons. The molecule has 0 bridgehead atoms. The van der Waals surface area contributed by atoms with E-state index in [1.807, 2.05) is 0 Å². The normalized spacial score (nSPS) is 14.7. The Kier molecular flexibility index (Phi) is 5.95. The smallest absolute Gasteiger partial charge is 0.410 e. The predicted octanol–water partition coefficient (Wildman–Crippen LogP) is 0.843. The van der Waals surface area contributed by atoms with Crippen molar-refractivity contribution in [3.63, 3.8) is 0 Å². The van der Waals surface area contributed by atoms with Crippen LogP contribution in [0.15, 0.2) is 0 Å². The average molecular weight is 246 g/mol. The van der Waals surface area contributed by atoms with Gasteiger partial charge in [-0.15, -0.1) is 0 Å². The molecule has 0 aliphatic carbocycles. The minimum atomic E-state index is -0.983. The third-order valence-corrected chi connectivity index (χ3v) is 1.64. The minimum absolute atomic E-state index is 0.0290. The second kappa shape index (κ2) is 6.44. The number of carbonyl (C=O) groups is 2. The van der Waals surface area contributed by atoms with Gasteiger partial charge in [0.1, 0.15) is 0 Å². The number of aliphatic hydroxyl groups excluding tert-OH is 1. The summed E-state index contributed by atoms with van der Waals surface area (Å²) in [7, 11) is 0. The molecule has 0 rings (SSSR count). The van der Waals surface area contributed by atoms with Gasteiger partial charge < -0.3 is 19.9 Å². The van der Waals surface area contributed by atoms with Crippen LogP contribution in [-0.4, -0.2) is 36.1 Å². The Morgan fingerprint density at radius 3 is 2.29 bits per heavy atom. The van der Waals surface area contributed by atoms with E-state index in [-0.39, 0.29) is 6.54 Å². The highest BCUT2D eigenvalue weighted by molar-refractivity contribution is 5.75. The zero-order valence-corrected chi connectivity index (χ0v) is 10.6. The van der Waals surface area contributed by atoms with Gasteiger partial charge in [-0.2, -0.15) is 0 Å². The monoisotopic (exact) mass is 246 g/mol. The van der Waals surface area contributed by atoms with Crippen LogP contribution in [0, 0.1) is 12.3 Å². The molecule has 0 aromatic heterocycles. The van der Waals surface area contributed by atoms with E-state index in [0.29, 0.717) is 0 Å². The summed E-state index contributed by atoms with van der Waals surface area (Å²) in [4.78, 5) is 22.6. The highest BCUT2D eigenvalue weighted by Gasteiger charge is 2.26. The van der Waals surface area contributed by atoms with Crippen molar-refractivity contribution in [3.8, 4) is 0 Å². The summed E-state index contributed by atoms with van der Waals surface area (Å²) in [5, 5.41) is 11.1. The molecule has 0 aliphatic rings. The predicted molar refractivity (Wildman–Crippen MR) is 60.9 cm³/mol. The lowest BCUT2D eigenvalue weighted by Crippen LogP contribution is -2.35. The Hall–Kier alpha value is -1.30. The number of amides is 1. The topological polar surface area (TPSA) is 84.9 Å². The Morgan fingerprint density at radius 2 is 1.88 bits per heavy atom. The van der Waals surface area contributed by atoms with Gasteiger partial charge >= 0.3 is 12.1 Å². The molecule has 1 unspecified atom stereocenters. The molecule has 0 aliphatic heterocycles. The van der Waals surface area contributed by atoms with Gasteiger partial charge in [0.05, 0.1) is 11.5 Å². The minimum Gasteiger partial charge on any atom is -0.425 e. The third-order valence-electron chi connectivity index (χ3n) is 1.64. The van der Waals surface area contributed by atoms with Crippen LogP contribution in [0.1, 0.15) is 27.7 Å². The SMILES string of the molecule is [CH2][C@@H](O)CNC(=O)OC(C)OC(=O)C(C)(C)C. The largest absolute Gasteiger partial charge is 0.425 e. The fourth-order valence-electron chi connectivity index (χ4n) is 0.745. The van der Waals surface area contributed by atoms with Crippen molar-refractivity contribution in [2.24, 2.45) is 5.41 Å². The molecule has 2 atom stereocenters. The van der Waals surface area contributed by atoms with Crippen LogP contribution in [0.3, 0.4) is 0 Å². The molecule has 6 heteroatoms. The Morgan fingerprint density at radius 1 is 1.35 bits per heavy atom. The Balaban J connectivity index is 3.98. The summed E-state index contributed by atoms with van der Waals surface area (Å²) in [6.07, 6.45) is -2.67. The van der Waals surface area contributed by atoms with Gasteiger partial charge in [-0.05, 0) is 27.7 Å². The quantitative estimate of drug-likeness (QED) is 0.567. The summed E-state index contributed by atoms with van der Waals surface area (Å²) < 4.78 is 9.63. The van der Waals surface area contributed by atoms with Crippen molar-refractivity contribution >= 4 is 12.1 Å². The first kappa shape index (κ1) is 15.7. The van der Waals surface area contributed by atoms with E-state index in [1.54, 1.807) is 20.8 Å². The lowest BCUT2D eigenvalue weighted by atomic mass is 9.97. The van der Waals surface area contributed by atoms with Crippen LogP contribution in [0.4, 0.5) is 4.79 Å². The van der Waals surface area contributed by atoms with Crippen LogP contribution in [0.2, 0.25) is 0 Å². The average Bonchev–Trinajstić information content (AvgIpc) is 2.12. The van der Waals surface area contributed by atoms with Crippen molar-refractivity contribution in [1.29, 1.82) is 0 Å². The molecule has 99 valence electrons. The summed E-state index contributed by atoms with van der Waals surface area (Å²) >= 11 is 0. The second-order valence-electron chi connectivity index (χ2n) is 4.66. The number of hydrogen-bond acceptors (Lipinski definition) is 5. The lowest BCUT2D eigenvalue weighted by Gasteiger charge is -2.20. The molecule has 1 amide bonds. The molecule has 0 saturated heterocycles. The Labute approximate surface area is 101 Å². The van der Waals surface area contributed by atoms with E-state index in [2.05, 4.69) is 12.2 Å². The van der Waals surface area contributed by atoms with Gasteiger partial charge in [0.25, 0.3) is 0 Å². The maximum Gasteiger partial charge on any atom is 0.410 e. The van der Waals surface area contributed by atoms with Gasteiger partial charge in [0.2, 0.25) is 6.29 Å². The molecule has 0 spiro atoms. The first-order chi connectivity index (χ1) is 7.62. The van der Waals surface area contributed by atoms with Crippen molar-refractivity contribution in [2.45, 2.75) is 40.1 Å². The molecule has 0 saturated carbocycles. The molecule has 0 heterocycles. The number of rotatable bonds is 4. The number of carbonyl (C=O) groups excluding carboxylic acids is 2. The first-order valence-corrected chi connectivity index (χ1v) is 5.29. The van der Waals surface area contributed by atoms with Gasteiger partial charge in [-0.25, -0.2) is 4.79 Å². The van der Waals surface area contributed by atoms with Crippen LogP contribution < -0.4 is 5.32 Å². The van der Waals surface area contributed by atoms with Crippen molar-refractivity contribution < 1.29 is 24.2 Å². The van der Waals surface area contributed by atoms with Crippen LogP contribution in [-0.2, 0) is 14.3 Å². The molecular formula is C11H20NO5. The number of ether oxygens (including phenoxy) is 2. The van der Waals surface area contributed by atoms with Crippen LogP contribution >= 0.6 is 0 Å². The molecule has 6 nitrogen and oxygen atoms in total. The molecule has 2 N–H and O–H groups in total. The number of aliphatic hydroxyl groups is 1. The van der Waals surface area contributed by atoms with Crippen molar-refractivity contribution in [1.82, 2.24) is 5.32 Å². The van der Waals surface area contributed by atoms with Gasteiger partial charge in [0, 0.05) is 13.5 Å². The van der Waals surface area contributed by atoms with Gasteiger partial charge in [-0.1, -0.05) is 0 Å². The molecule has 0 aromatic carbocycles. The lowest BCUT2D eigenvalue weighted by molar-refractivity contribution is -0.174. The van der Waals surface area contributed by atoms with E-state index in [0.717, 1.165) is 0 Å². The second-order valence-corrected chi connectivity index (χ2v) is 4.66. The highest BCUT2D eigenvalue weighted by atomic mass is 16.7. The Bertz CT molecular complexity index is 270. The summed E-state index contributed by atoms with van der Waals surface area (Å²) in [5.41, 5.74) is -0.655. The number of alkyl carbamates (subject to hydrolysis) is 1. The zero-order valence-electron chi connectivity index (χ0n) is 10.6. The van der Waals surface area contributed by atoms with Crippen LogP contribution in [0.5, 0.6) is 0 Å². The van der Waals surface area contributed by atoms with E-state index >= 15 is 0 Å². The molecule has 0 fully saturated rings. The summed E-state index contributed by atoms with van der Waals surface area (Å²) in [6, 6.07) is 0. The van der Waals surface area contributed by atoms with Gasteiger partial charge in [-0.3, -0.25) is 4.79 Å². The molecule has 17 heavy (non-hydrogen) atoms. The maximum atomic E-state index is 11.4. The van der Waals surface area contributed by atoms with Crippen LogP contribution in [0.25, 0.3) is 0 Å². The highest BCUT2D eigenvalue weighted by Crippen LogP contribution is 2.16. The van der Waals surface area contributed by atoms with Gasteiger partial charge in [0.15, 0.2) is 0 Å². The molecular weight excluding hydrogens is 226 g/mol. The fourth-order valence-corrected chi connectivity index (χ4v) is 0.745.